The van der Waals surface area contributed by atoms with Crippen LogP contribution in [-0.2, 0) is 0 Å². The van der Waals surface area contributed by atoms with Crippen molar-refractivity contribution in [3.8, 4) is 0 Å². The number of benzene rings is 2. The van der Waals surface area contributed by atoms with Gasteiger partial charge in [0, 0.05) is 37.6 Å². The van der Waals surface area contributed by atoms with Gasteiger partial charge in [-0.15, -0.1) is 0 Å². The smallest absolute Gasteiger partial charge is 0.338 e. The number of piperazine rings is 1. The Balaban J connectivity index is 1.71. The molecule has 1 N–H and O–H groups in total. The van der Waals surface area contributed by atoms with E-state index in [0.29, 0.717) is 0 Å². The molecule has 22 heavy (non-hydrogen) atoms. The number of anilines is 2. The van der Waals surface area contributed by atoms with Crippen LogP contribution in [0.25, 0.3) is 0 Å². The second-order valence-corrected chi connectivity index (χ2v) is 5.28. The van der Waals surface area contributed by atoms with E-state index in [1.54, 1.807) is 6.07 Å². The van der Waals surface area contributed by atoms with Crippen LogP contribution < -0.4 is 9.80 Å². The lowest BCUT2D eigenvalue weighted by Gasteiger charge is -2.37. The van der Waals surface area contributed by atoms with Gasteiger partial charge in [0.1, 0.15) is 5.82 Å². The maximum atomic E-state index is 13.5. The Morgan fingerprint density at radius 2 is 1.50 bits per heavy atom. The lowest BCUT2D eigenvalue weighted by molar-refractivity contribution is 0.0692. The second kappa shape index (κ2) is 6.05. The van der Waals surface area contributed by atoms with E-state index in [2.05, 4.69) is 21.9 Å². The summed E-state index contributed by atoms with van der Waals surface area (Å²) in [5.41, 5.74) is 1.67. The Morgan fingerprint density at radius 1 is 0.909 bits per heavy atom. The molecule has 0 bridgehead atoms. The molecular weight excluding hydrogens is 283 g/mol. The van der Waals surface area contributed by atoms with Crippen LogP contribution in [0.5, 0.6) is 0 Å². The molecule has 114 valence electrons. The first-order chi connectivity index (χ1) is 10.6. The Bertz CT molecular complexity index is 668. The second-order valence-electron chi connectivity index (χ2n) is 5.28. The number of aromatic carboxylic acids is 1. The van der Waals surface area contributed by atoms with E-state index in [1.807, 2.05) is 18.2 Å². The Labute approximate surface area is 128 Å². The summed E-state index contributed by atoms with van der Waals surface area (Å²) in [6.45, 7) is 3.26. The number of para-hydroxylation sites is 1. The van der Waals surface area contributed by atoms with Gasteiger partial charge < -0.3 is 14.9 Å². The maximum absolute atomic E-state index is 13.5. The molecule has 0 aliphatic carbocycles. The van der Waals surface area contributed by atoms with E-state index in [-0.39, 0.29) is 5.56 Å². The number of carbonyl (C=O) groups is 1. The summed E-state index contributed by atoms with van der Waals surface area (Å²) >= 11 is 0. The van der Waals surface area contributed by atoms with Crippen LogP contribution in [-0.4, -0.2) is 37.3 Å². The average Bonchev–Trinajstić information content (AvgIpc) is 2.56. The molecular formula is C17H17FN2O2. The minimum atomic E-state index is -1.23. The van der Waals surface area contributed by atoms with Crippen LogP contribution in [0.2, 0.25) is 0 Å². The minimum Gasteiger partial charge on any atom is -0.478 e. The first kappa shape index (κ1) is 14.4. The fraction of sp³-hybridized carbons (Fsp3) is 0.235. The van der Waals surface area contributed by atoms with E-state index in [0.717, 1.165) is 31.9 Å². The minimum absolute atomic E-state index is 0.275. The van der Waals surface area contributed by atoms with Crippen molar-refractivity contribution in [3.05, 3.63) is 59.9 Å². The Morgan fingerprint density at radius 3 is 2.09 bits per heavy atom. The third-order valence-electron chi connectivity index (χ3n) is 3.95. The lowest BCUT2D eigenvalue weighted by atomic mass is 10.1. The molecule has 0 unspecified atom stereocenters. The molecule has 1 heterocycles. The van der Waals surface area contributed by atoms with Crippen molar-refractivity contribution < 1.29 is 14.3 Å². The first-order valence-electron chi connectivity index (χ1n) is 7.23. The summed E-state index contributed by atoms with van der Waals surface area (Å²) in [4.78, 5) is 15.4. The molecule has 0 saturated carbocycles. The lowest BCUT2D eigenvalue weighted by Crippen LogP contribution is -2.46. The summed E-state index contributed by atoms with van der Waals surface area (Å²) in [5.74, 6) is -1.93. The van der Waals surface area contributed by atoms with Crippen molar-refractivity contribution in [1.29, 1.82) is 0 Å². The fourth-order valence-electron chi connectivity index (χ4n) is 2.74. The molecule has 5 heteroatoms. The maximum Gasteiger partial charge on any atom is 0.338 e. The zero-order valence-electron chi connectivity index (χ0n) is 12.1. The highest BCUT2D eigenvalue weighted by molar-refractivity contribution is 5.89. The summed E-state index contributed by atoms with van der Waals surface area (Å²) in [5, 5.41) is 9.01. The highest BCUT2D eigenvalue weighted by Crippen LogP contribution is 2.22. The van der Waals surface area contributed by atoms with Crippen LogP contribution >= 0.6 is 0 Å². The third-order valence-corrected chi connectivity index (χ3v) is 3.95. The zero-order chi connectivity index (χ0) is 15.5. The predicted molar refractivity (Wildman–Crippen MR) is 84.2 cm³/mol. The number of rotatable bonds is 3. The van der Waals surface area contributed by atoms with Crippen molar-refractivity contribution in [3.63, 3.8) is 0 Å². The fourth-order valence-corrected chi connectivity index (χ4v) is 2.74. The third kappa shape index (κ3) is 2.88. The van der Waals surface area contributed by atoms with Crippen LogP contribution in [0.15, 0.2) is 48.5 Å². The zero-order valence-corrected chi connectivity index (χ0v) is 12.1. The van der Waals surface area contributed by atoms with Gasteiger partial charge in [-0.05, 0) is 30.3 Å². The normalized spacial score (nSPS) is 15.0. The summed E-state index contributed by atoms with van der Waals surface area (Å²) < 4.78 is 13.5. The molecule has 3 rings (SSSR count). The van der Waals surface area contributed by atoms with Crippen molar-refractivity contribution in [2.45, 2.75) is 0 Å². The van der Waals surface area contributed by atoms with Gasteiger partial charge in [-0.25, -0.2) is 9.18 Å². The molecule has 0 atom stereocenters. The van der Waals surface area contributed by atoms with Gasteiger partial charge in [0.2, 0.25) is 0 Å². The van der Waals surface area contributed by atoms with Crippen LogP contribution in [0.4, 0.5) is 15.8 Å². The summed E-state index contributed by atoms with van der Waals surface area (Å²) in [6.07, 6.45) is 0. The SMILES string of the molecule is O=C(O)c1cc(N2CCN(c3ccccc3)CC2)ccc1F. The highest BCUT2D eigenvalue weighted by atomic mass is 19.1. The highest BCUT2D eigenvalue weighted by Gasteiger charge is 2.19. The molecule has 0 spiro atoms. The van der Waals surface area contributed by atoms with Crippen molar-refractivity contribution >= 4 is 17.3 Å². The number of halogens is 1. The van der Waals surface area contributed by atoms with Crippen LogP contribution in [0.3, 0.4) is 0 Å². The number of carboxylic acids is 1. The number of carboxylic acid groups (broad SMARTS) is 1. The largest absolute Gasteiger partial charge is 0.478 e. The molecule has 0 aromatic heterocycles. The quantitative estimate of drug-likeness (QED) is 0.946. The van der Waals surface area contributed by atoms with E-state index in [9.17, 15) is 9.18 Å². The van der Waals surface area contributed by atoms with Crippen molar-refractivity contribution in [2.24, 2.45) is 0 Å². The predicted octanol–water partition coefficient (Wildman–Crippen LogP) is 2.85. The number of hydrogen-bond acceptors (Lipinski definition) is 3. The van der Waals surface area contributed by atoms with Gasteiger partial charge >= 0.3 is 5.97 Å². The van der Waals surface area contributed by atoms with E-state index < -0.39 is 11.8 Å². The standard InChI is InChI=1S/C17H17FN2O2/c18-16-7-6-14(12-15(16)17(21)22)20-10-8-19(9-11-20)13-4-2-1-3-5-13/h1-7,12H,8-11H2,(H,21,22). The summed E-state index contributed by atoms with van der Waals surface area (Å²) in [6, 6.07) is 14.5. The molecule has 1 aliphatic heterocycles. The van der Waals surface area contributed by atoms with Crippen LogP contribution in [0, 0.1) is 5.82 Å². The molecule has 1 aliphatic rings. The van der Waals surface area contributed by atoms with E-state index in [4.69, 9.17) is 5.11 Å². The van der Waals surface area contributed by atoms with E-state index in [1.165, 1.54) is 17.8 Å². The molecule has 4 nitrogen and oxygen atoms in total. The van der Waals surface area contributed by atoms with Gasteiger partial charge in [0.05, 0.1) is 5.56 Å². The van der Waals surface area contributed by atoms with Gasteiger partial charge in [0.25, 0.3) is 0 Å². The molecule has 1 saturated heterocycles. The van der Waals surface area contributed by atoms with Gasteiger partial charge in [-0.1, -0.05) is 18.2 Å². The van der Waals surface area contributed by atoms with Gasteiger partial charge in [-0.2, -0.15) is 0 Å². The number of hydrogen-bond donors (Lipinski definition) is 1. The molecule has 2 aromatic carbocycles. The Hall–Kier alpha value is -2.56. The van der Waals surface area contributed by atoms with Crippen molar-refractivity contribution in [1.82, 2.24) is 0 Å². The molecule has 1 fully saturated rings. The Kier molecular flexibility index (Phi) is 3.96. The monoisotopic (exact) mass is 300 g/mol. The van der Waals surface area contributed by atoms with E-state index >= 15 is 0 Å². The molecule has 0 radical (unpaired) electrons. The average molecular weight is 300 g/mol. The molecule has 2 aromatic rings. The van der Waals surface area contributed by atoms with Crippen molar-refractivity contribution in [2.75, 3.05) is 36.0 Å². The first-order valence-corrected chi connectivity index (χ1v) is 7.23. The van der Waals surface area contributed by atoms with Gasteiger partial charge in [-0.3, -0.25) is 0 Å². The molecule has 0 amide bonds. The topological polar surface area (TPSA) is 43.8 Å². The van der Waals surface area contributed by atoms with Crippen LogP contribution in [0.1, 0.15) is 10.4 Å². The number of nitrogens with zero attached hydrogens (tertiary/aromatic N) is 2. The van der Waals surface area contributed by atoms with Gasteiger partial charge in [0.15, 0.2) is 0 Å². The summed E-state index contributed by atoms with van der Waals surface area (Å²) in [7, 11) is 0.